The van der Waals surface area contributed by atoms with Crippen molar-refractivity contribution in [3.05, 3.63) is 108 Å². The summed E-state index contributed by atoms with van der Waals surface area (Å²) in [5, 5.41) is 0. The van der Waals surface area contributed by atoms with Crippen LogP contribution in [0.3, 0.4) is 0 Å². The predicted octanol–water partition coefficient (Wildman–Crippen LogP) is 3.87. The van der Waals surface area contributed by atoms with Crippen LogP contribution in [-0.2, 0) is 0 Å². The molecule has 35 heavy (non-hydrogen) atoms. The van der Waals surface area contributed by atoms with Crippen LogP contribution in [0.25, 0.3) is 0 Å². The van der Waals surface area contributed by atoms with Gasteiger partial charge in [-0.3, -0.25) is 29.1 Å². The normalized spacial score (nSPS) is 14.4. The lowest BCUT2D eigenvalue weighted by Crippen LogP contribution is -2.29. The van der Waals surface area contributed by atoms with Crippen molar-refractivity contribution in [3.63, 3.8) is 0 Å². The van der Waals surface area contributed by atoms with Crippen LogP contribution in [0.2, 0.25) is 0 Å². The van der Waals surface area contributed by atoms with E-state index in [1.54, 1.807) is 72.8 Å². The van der Waals surface area contributed by atoms with Gasteiger partial charge in [-0.15, -0.1) is 0 Å². The first kappa shape index (κ1) is 20.4. The number of pyridine rings is 2. The van der Waals surface area contributed by atoms with E-state index in [2.05, 4.69) is 9.97 Å². The van der Waals surface area contributed by atoms with E-state index in [1.807, 2.05) is 0 Å². The molecule has 9 heteroatoms. The van der Waals surface area contributed by atoms with Gasteiger partial charge < -0.3 is 4.74 Å². The molecule has 0 fully saturated rings. The summed E-state index contributed by atoms with van der Waals surface area (Å²) in [7, 11) is 0. The van der Waals surface area contributed by atoms with Crippen molar-refractivity contribution in [1.29, 1.82) is 0 Å². The largest absolute Gasteiger partial charge is 0.457 e. The first-order valence-corrected chi connectivity index (χ1v) is 10.6. The number of ether oxygens (including phenoxy) is 1. The molecule has 168 valence electrons. The molecular formula is C26H14N4O5. The summed E-state index contributed by atoms with van der Waals surface area (Å²) in [6, 6.07) is 19.3. The van der Waals surface area contributed by atoms with Crippen molar-refractivity contribution in [3.8, 4) is 11.5 Å². The second-order valence-corrected chi connectivity index (χ2v) is 7.78. The fourth-order valence-electron chi connectivity index (χ4n) is 4.07. The fraction of sp³-hybridized carbons (Fsp3) is 0. The Bertz CT molecular complexity index is 1360. The number of fused-ring (bicyclic) bond motifs is 2. The molecule has 0 saturated carbocycles. The minimum Gasteiger partial charge on any atom is -0.457 e. The summed E-state index contributed by atoms with van der Waals surface area (Å²) < 4.78 is 5.84. The molecule has 2 aromatic heterocycles. The second kappa shape index (κ2) is 7.70. The molecule has 2 aliphatic rings. The van der Waals surface area contributed by atoms with Gasteiger partial charge in [-0.05, 0) is 72.8 Å². The molecule has 0 unspecified atom stereocenters. The monoisotopic (exact) mass is 462 g/mol. The highest BCUT2D eigenvalue weighted by molar-refractivity contribution is 6.34. The molecule has 0 aliphatic carbocycles. The Morgan fingerprint density at radius 2 is 0.914 bits per heavy atom. The number of rotatable bonds is 4. The van der Waals surface area contributed by atoms with Crippen LogP contribution >= 0.6 is 0 Å². The third kappa shape index (κ3) is 3.17. The van der Waals surface area contributed by atoms with Crippen LogP contribution in [0, 0.1) is 0 Å². The van der Waals surface area contributed by atoms with E-state index in [0.29, 0.717) is 22.9 Å². The summed E-state index contributed by atoms with van der Waals surface area (Å²) in [6.07, 6.45) is 2.95. The molecule has 0 saturated heterocycles. The fourth-order valence-corrected chi connectivity index (χ4v) is 4.07. The van der Waals surface area contributed by atoms with E-state index in [-0.39, 0.29) is 22.5 Å². The summed E-state index contributed by atoms with van der Waals surface area (Å²) in [5.74, 6) is -0.852. The summed E-state index contributed by atoms with van der Waals surface area (Å²) >= 11 is 0. The van der Waals surface area contributed by atoms with Gasteiger partial charge in [0.15, 0.2) is 0 Å². The van der Waals surface area contributed by atoms with Crippen molar-refractivity contribution in [2.45, 2.75) is 0 Å². The van der Waals surface area contributed by atoms with E-state index in [4.69, 9.17) is 4.74 Å². The Morgan fingerprint density at radius 1 is 0.514 bits per heavy atom. The summed E-state index contributed by atoms with van der Waals surface area (Å²) in [4.78, 5) is 60.6. The predicted molar refractivity (Wildman–Crippen MR) is 124 cm³/mol. The Labute approximate surface area is 198 Å². The summed E-state index contributed by atoms with van der Waals surface area (Å²) in [6.45, 7) is 0. The average molecular weight is 462 g/mol. The molecule has 2 aliphatic heterocycles. The molecule has 6 rings (SSSR count). The lowest BCUT2D eigenvalue weighted by molar-refractivity contribution is 0.0909. The van der Waals surface area contributed by atoms with Crippen LogP contribution in [0.15, 0.2) is 85.2 Å². The highest BCUT2D eigenvalue weighted by Gasteiger charge is 2.38. The third-order valence-electron chi connectivity index (χ3n) is 5.72. The number of hydrogen-bond donors (Lipinski definition) is 0. The third-order valence-corrected chi connectivity index (χ3v) is 5.72. The van der Waals surface area contributed by atoms with Crippen LogP contribution in [0.4, 0.5) is 11.4 Å². The molecule has 0 bridgehead atoms. The number of amides is 4. The molecule has 0 spiro atoms. The van der Waals surface area contributed by atoms with E-state index in [9.17, 15) is 19.2 Å². The maximum absolute atomic E-state index is 12.6. The molecule has 4 heterocycles. The molecule has 4 aromatic rings. The number of carbonyl (C=O) groups is 4. The van der Waals surface area contributed by atoms with E-state index in [0.717, 1.165) is 9.80 Å². The van der Waals surface area contributed by atoms with Gasteiger partial charge in [-0.25, -0.2) is 9.80 Å². The van der Waals surface area contributed by atoms with Crippen LogP contribution in [0.5, 0.6) is 11.5 Å². The topological polar surface area (TPSA) is 110 Å². The smallest absolute Gasteiger partial charge is 0.284 e. The molecule has 0 N–H and O–H groups in total. The standard InChI is InChI=1S/C26H14N4O5/c31-23-19-3-1-13-27-21(19)25(33)29(23)15-5-9-17(10-6-15)35-18-11-7-16(8-12-18)30-24(32)20-4-2-14-28-22(20)26(30)34/h1-14H. The van der Waals surface area contributed by atoms with Gasteiger partial charge in [0.1, 0.15) is 22.9 Å². The van der Waals surface area contributed by atoms with Gasteiger partial charge >= 0.3 is 0 Å². The number of hydrogen-bond acceptors (Lipinski definition) is 7. The number of anilines is 2. The molecule has 4 amide bonds. The zero-order valence-electron chi connectivity index (χ0n) is 17.9. The van der Waals surface area contributed by atoms with Crippen molar-refractivity contribution >= 4 is 35.0 Å². The molecular weight excluding hydrogens is 448 g/mol. The van der Waals surface area contributed by atoms with Crippen molar-refractivity contribution in [2.24, 2.45) is 0 Å². The summed E-state index contributed by atoms with van der Waals surface area (Å²) in [5.41, 5.74) is 1.61. The average Bonchev–Trinajstić information content (AvgIpc) is 3.30. The molecule has 2 aromatic carbocycles. The van der Waals surface area contributed by atoms with Crippen LogP contribution in [-0.4, -0.2) is 33.6 Å². The Hall–Kier alpha value is -5.18. The lowest BCUT2D eigenvalue weighted by Gasteiger charge is -2.15. The SMILES string of the molecule is O=C1c2cccnc2C(=O)N1c1ccc(Oc2ccc(N3C(=O)c4cccnc4C3=O)cc2)cc1. The first-order valence-electron chi connectivity index (χ1n) is 10.6. The molecule has 0 radical (unpaired) electrons. The van der Waals surface area contributed by atoms with E-state index >= 15 is 0 Å². The second-order valence-electron chi connectivity index (χ2n) is 7.78. The van der Waals surface area contributed by atoms with Gasteiger partial charge in [0, 0.05) is 12.4 Å². The van der Waals surface area contributed by atoms with Gasteiger partial charge in [0.05, 0.1) is 22.5 Å². The van der Waals surface area contributed by atoms with Crippen molar-refractivity contribution in [2.75, 3.05) is 9.80 Å². The quantitative estimate of drug-likeness (QED) is 0.424. The van der Waals surface area contributed by atoms with Crippen molar-refractivity contribution < 1.29 is 23.9 Å². The highest BCUT2D eigenvalue weighted by Crippen LogP contribution is 2.32. The van der Waals surface area contributed by atoms with Gasteiger partial charge in [-0.1, -0.05) is 0 Å². The van der Waals surface area contributed by atoms with Crippen molar-refractivity contribution in [1.82, 2.24) is 9.97 Å². The lowest BCUT2D eigenvalue weighted by atomic mass is 10.2. The zero-order chi connectivity index (χ0) is 24.1. The Balaban J connectivity index is 1.18. The van der Waals surface area contributed by atoms with E-state index < -0.39 is 23.6 Å². The van der Waals surface area contributed by atoms with Crippen LogP contribution < -0.4 is 14.5 Å². The first-order chi connectivity index (χ1) is 17.0. The Morgan fingerprint density at radius 3 is 1.29 bits per heavy atom. The van der Waals surface area contributed by atoms with Gasteiger partial charge in [0.25, 0.3) is 23.6 Å². The number of nitrogens with zero attached hydrogens (tertiary/aromatic N) is 4. The van der Waals surface area contributed by atoms with E-state index in [1.165, 1.54) is 12.4 Å². The maximum atomic E-state index is 12.6. The highest BCUT2D eigenvalue weighted by atomic mass is 16.5. The number of aromatic nitrogens is 2. The minimum atomic E-state index is -0.474. The molecule has 9 nitrogen and oxygen atoms in total. The number of carbonyl (C=O) groups excluding carboxylic acids is 4. The molecule has 0 atom stereocenters. The van der Waals surface area contributed by atoms with Crippen LogP contribution in [0.1, 0.15) is 41.7 Å². The number of imide groups is 2. The van der Waals surface area contributed by atoms with Gasteiger partial charge in [-0.2, -0.15) is 0 Å². The maximum Gasteiger partial charge on any atom is 0.284 e. The zero-order valence-corrected chi connectivity index (χ0v) is 17.9. The number of benzene rings is 2. The Kier molecular flexibility index (Phi) is 4.49. The van der Waals surface area contributed by atoms with Gasteiger partial charge in [0.2, 0.25) is 0 Å². The minimum absolute atomic E-state index is 0.131.